The Morgan fingerprint density at radius 1 is 0.833 bits per heavy atom. The molecule has 3 nitrogen and oxygen atoms in total. The van der Waals surface area contributed by atoms with Crippen molar-refractivity contribution in [2.24, 2.45) is 0 Å². The van der Waals surface area contributed by atoms with Crippen LogP contribution in [0, 0.1) is 0 Å². The summed E-state index contributed by atoms with van der Waals surface area (Å²) in [6, 6.07) is 5.66. The minimum atomic E-state index is -0.820. The van der Waals surface area contributed by atoms with Crippen LogP contribution in [0.4, 0.5) is 5.69 Å². The summed E-state index contributed by atoms with van der Waals surface area (Å²) in [5, 5.41) is 9.41. The molecule has 1 aromatic carbocycles. The van der Waals surface area contributed by atoms with Gasteiger partial charge in [0.1, 0.15) is 0 Å². The number of carboxylic acid groups (broad SMARTS) is 1. The number of allylic oxidation sites excluding steroid dienone is 2. The number of hydrogen-bond acceptors (Lipinski definition) is 2. The number of carbonyl (C=O) groups is 1. The number of unbranched alkanes of at least 4 members (excludes halogenated alkanes) is 12. The molecule has 3 heteroatoms. The smallest absolute Gasteiger partial charge is 0.335 e. The highest BCUT2D eigenvalue weighted by molar-refractivity contribution is 5.90. The summed E-state index contributed by atoms with van der Waals surface area (Å²) in [6.07, 6.45) is 23.7. The van der Waals surface area contributed by atoms with E-state index in [1.807, 2.05) is 31.1 Å². The van der Waals surface area contributed by atoms with Gasteiger partial charge in [0.15, 0.2) is 0 Å². The second-order valence-electron chi connectivity index (χ2n) is 8.73. The van der Waals surface area contributed by atoms with Crippen LogP contribution in [0.3, 0.4) is 0 Å². The van der Waals surface area contributed by atoms with Gasteiger partial charge in [-0.3, -0.25) is 0 Å². The van der Waals surface area contributed by atoms with Gasteiger partial charge in [0, 0.05) is 19.8 Å². The molecule has 0 amide bonds. The topological polar surface area (TPSA) is 40.5 Å². The van der Waals surface area contributed by atoms with Gasteiger partial charge in [0.25, 0.3) is 0 Å². The lowest BCUT2D eigenvalue weighted by atomic mass is 9.99. The number of anilines is 1. The Balaban J connectivity index is 2.07. The maximum atomic E-state index is 11.5. The summed E-state index contributed by atoms with van der Waals surface area (Å²) in [4.78, 5) is 13.5. The number of nitrogens with zero attached hydrogens (tertiary/aromatic N) is 1. The van der Waals surface area contributed by atoms with Crippen LogP contribution in [0.1, 0.15) is 113 Å². The summed E-state index contributed by atoms with van der Waals surface area (Å²) < 4.78 is 0. The molecule has 1 rings (SSSR count). The Hall–Kier alpha value is -1.77. The molecule has 0 heterocycles. The fourth-order valence-electron chi connectivity index (χ4n) is 3.84. The number of aromatic carboxylic acids is 1. The largest absolute Gasteiger partial charge is 0.478 e. The highest BCUT2D eigenvalue weighted by atomic mass is 16.4. The van der Waals surface area contributed by atoms with Crippen LogP contribution >= 0.6 is 0 Å². The van der Waals surface area contributed by atoms with Crippen LogP contribution in [0.15, 0.2) is 30.4 Å². The van der Waals surface area contributed by atoms with E-state index in [0.29, 0.717) is 5.56 Å². The number of aryl methyl sites for hydroxylation is 1. The number of rotatable bonds is 18. The molecule has 0 saturated heterocycles. The van der Waals surface area contributed by atoms with Gasteiger partial charge in [-0.2, -0.15) is 0 Å². The molecule has 0 bridgehead atoms. The van der Waals surface area contributed by atoms with Crippen molar-refractivity contribution < 1.29 is 9.90 Å². The number of hydrogen-bond donors (Lipinski definition) is 1. The predicted octanol–water partition coefficient (Wildman–Crippen LogP) is 8.03. The SMILES string of the molecule is CCCCCCCC/C=C\CCCCCCCCc1cc(N(C)C)ccc1C(=O)O. The van der Waals surface area contributed by atoms with Gasteiger partial charge in [0.05, 0.1) is 5.56 Å². The molecule has 1 aromatic rings. The van der Waals surface area contributed by atoms with E-state index in [1.54, 1.807) is 6.07 Å². The van der Waals surface area contributed by atoms with Gasteiger partial charge in [-0.1, -0.05) is 76.9 Å². The first-order chi connectivity index (χ1) is 14.6. The first-order valence-electron chi connectivity index (χ1n) is 12.2. The van der Waals surface area contributed by atoms with Gasteiger partial charge < -0.3 is 10.0 Å². The predicted molar refractivity (Wildman–Crippen MR) is 131 cm³/mol. The van der Waals surface area contributed by atoms with E-state index >= 15 is 0 Å². The zero-order chi connectivity index (χ0) is 22.0. The highest BCUT2D eigenvalue weighted by Crippen LogP contribution is 2.21. The van der Waals surface area contributed by atoms with Crippen LogP contribution in [0.5, 0.6) is 0 Å². The number of carboxylic acids is 1. The molecular formula is C27H45NO2. The van der Waals surface area contributed by atoms with Crippen molar-refractivity contribution in [3.63, 3.8) is 0 Å². The molecule has 0 aliphatic heterocycles. The maximum Gasteiger partial charge on any atom is 0.335 e. The number of benzene rings is 1. The second kappa shape index (κ2) is 17.0. The molecule has 0 atom stereocenters. The van der Waals surface area contributed by atoms with E-state index in [1.165, 1.54) is 83.5 Å². The van der Waals surface area contributed by atoms with Crippen LogP contribution in [0.2, 0.25) is 0 Å². The molecule has 170 valence electrons. The van der Waals surface area contributed by atoms with E-state index < -0.39 is 5.97 Å². The van der Waals surface area contributed by atoms with Crippen molar-refractivity contribution in [1.29, 1.82) is 0 Å². The van der Waals surface area contributed by atoms with Gasteiger partial charge in [-0.15, -0.1) is 0 Å². The molecule has 0 aliphatic rings. The second-order valence-corrected chi connectivity index (χ2v) is 8.73. The molecule has 0 aromatic heterocycles. The Morgan fingerprint density at radius 2 is 1.37 bits per heavy atom. The van der Waals surface area contributed by atoms with Crippen molar-refractivity contribution in [3.8, 4) is 0 Å². The van der Waals surface area contributed by atoms with E-state index in [2.05, 4.69) is 19.1 Å². The van der Waals surface area contributed by atoms with Crippen molar-refractivity contribution >= 4 is 11.7 Å². The van der Waals surface area contributed by atoms with Crippen LogP contribution in [-0.2, 0) is 6.42 Å². The highest BCUT2D eigenvalue weighted by Gasteiger charge is 2.11. The average Bonchev–Trinajstić information content (AvgIpc) is 2.73. The summed E-state index contributed by atoms with van der Waals surface area (Å²) >= 11 is 0. The van der Waals surface area contributed by atoms with Crippen molar-refractivity contribution in [2.75, 3.05) is 19.0 Å². The lowest BCUT2D eigenvalue weighted by molar-refractivity contribution is 0.0695. The maximum absolute atomic E-state index is 11.5. The standard InChI is InChI=1S/C27H45NO2/c1-4-5-6-7-8-9-10-11-12-13-14-15-16-17-18-19-20-24-23-25(28(2)3)21-22-26(24)27(29)30/h11-12,21-23H,4-10,13-20H2,1-3H3,(H,29,30)/b12-11-. The van der Waals surface area contributed by atoms with Crippen molar-refractivity contribution in [3.05, 3.63) is 41.5 Å². The van der Waals surface area contributed by atoms with E-state index in [4.69, 9.17) is 0 Å². The first kappa shape index (κ1) is 26.3. The van der Waals surface area contributed by atoms with E-state index in [9.17, 15) is 9.90 Å². The van der Waals surface area contributed by atoms with E-state index in [-0.39, 0.29) is 0 Å². The summed E-state index contributed by atoms with van der Waals surface area (Å²) in [5.41, 5.74) is 2.48. The molecular weight excluding hydrogens is 370 g/mol. The summed E-state index contributed by atoms with van der Waals surface area (Å²) in [6.45, 7) is 2.27. The fourth-order valence-corrected chi connectivity index (χ4v) is 3.84. The van der Waals surface area contributed by atoms with Gasteiger partial charge in [0.2, 0.25) is 0 Å². The Labute approximate surface area is 185 Å². The molecule has 0 spiro atoms. The molecule has 0 aliphatic carbocycles. The Bertz CT molecular complexity index is 607. The minimum Gasteiger partial charge on any atom is -0.478 e. The monoisotopic (exact) mass is 415 g/mol. The zero-order valence-corrected chi connectivity index (χ0v) is 19.8. The molecule has 30 heavy (non-hydrogen) atoms. The minimum absolute atomic E-state index is 0.452. The first-order valence-corrected chi connectivity index (χ1v) is 12.2. The van der Waals surface area contributed by atoms with Gasteiger partial charge >= 0.3 is 5.97 Å². The molecule has 0 unspecified atom stereocenters. The lowest BCUT2D eigenvalue weighted by Crippen LogP contribution is -2.11. The van der Waals surface area contributed by atoms with Crippen molar-refractivity contribution in [1.82, 2.24) is 0 Å². The molecule has 0 radical (unpaired) electrons. The zero-order valence-electron chi connectivity index (χ0n) is 19.8. The molecule has 0 saturated carbocycles. The van der Waals surface area contributed by atoms with E-state index in [0.717, 1.165) is 24.1 Å². The average molecular weight is 416 g/mol. The molecule has 1 N–H and O–H groups in total. The summed E-state index contributed by atoms with van der Waals surface area (Å²) in [5.74, 6) is -0.820. The normalized spacial score (nSPS) is 11.3. The summed E-state index contributed by atoms with van der Waals surface area (Å²) in [7, 11) is 3.98. The lowest BCUT2D eigenvalue weighted by Gasteiger charge is -2.15. The van der Waals surface area contributed by atoms with Crippen LogP contribution in [-0.4, -0.2) is 25.2 Å². The van der Waals surface area contributed by atoms with Crippen LogP contribution in [0.25, 0.3) is 0 Å². The van der Waals surface area contributed by atoms with Crippen LogP contribution < -0.4 is 4.90 Å². The third kappa shape index (κ3) is 12.0. The van der Waals surface area contributed by atoms with Gasteiger partial charge in [-0.05, 0) is 62.3 Å². The Kier molecular flexibility index (Phi) is 14.9. The van der Waals surface area contributed by atoms with Crippen molar-refractivity contribution in [2.45, 2.75) is 103 Å². The van der Waals surface area contributed by atoms with Gasteiger partial charge in [-0.25, -0.2) is 4.79 Å². The quantitative estimate of drug-likeness (QED) is 0.195. The third-order valence-electron chi connectivity index (χ3n) is 5.79. The third-order valence-corrected chi connectivity index (χ3v) is 5.79. The molecule has 0 fully saturated rings. The fraction of sp³-hybridized carbons (Fsp3) is 0.667. The Morgan fingerprint density at radius 3 is 1.90 bits per heavy atom.